The van der Waals surface area contributed by atoms with Gasteiger partial charge >= 0.3 is 6.61 Å². The van der Waals surface area contributed by atoms with Crippen LogP contribution in [-0.4, -0.2) is 25.3 Å². The number of hydrogen-bond donors (Lipinski definition) is 0. The highest BCUT2D eigenvalue weighted by molar-refractivity contribution is 7.13. The molecule has 0 saturated carbocycles. The van der Waals surface area contributed by atoms with Gasteiger partial charge in [0.2, 0.25) is 0 Å². The number of alkyl halides is 2. The van der Waals surface area contributed by atoms with Crippen LogP contribution in [0.4, 0.5) is 8.78 Å². The Morgan fingerprint density at radius 2 is 1.88 bits per heavy atom. The third-order valence-electron chi connectivity index (χ3n) is 3.59. The molecule has 4 nitrogen and oxygen atoms in total. The van der Waals surface area contributed by atoms with Crippen LogP contribution in [0.25, 0.3) is 21.8 Å². The van der Waals surface area contributed by atoms with Crippen LogP contribution in [0.1, 0.15) is 6.92 Å². The van der Waals surface area contributed by atoms with E-state index in [4.69, 9.17) is 9.47 Å². The van der Waals surface area contributed by atoms with Crippen molar-refractivity contribution in [3.8, 4) is 39.1 Å². The summed E-state index contributed by atoms with van der Waals surface area (Å²) in [6.07, 6.45) is 0. The predicted molar refractivity (Wildman–Crippen MR) is 97.3 cm³/mol. The Morgan fingerprint density at radius 1 is 1.08 bits per heavy atom. The average Bonchev–Trinajstić information content (AvgIpc) is 3.12. The van der Waals surface area contributed by atoms with Gasteiger partial charge in [-0.25, -0.2) is 4.98 Å². The summed E-state index contributed by atoms with van der Waals surface area (Å²) in [5.41, 5.74) is 1.95. The number of aromatic nitrogens is 1. The number of hydrogen-bond acceptors (Lipinski definition) is 5. The van der Waals surface area contributed by atoms with Crippen LogP contribution in [-0.2, 0) is 0 Å². The van der Waals surface area contributed by atoms with E-state index in [0.717, 1.165) is 10.6 Å². The first-order chi connectivity index (χ1) is 12.6. The lowest BCUT2D eigenvalue weighted by atomic mass is 10.1. The number of benzene rings is 2. The summed E-state index contributed by atoms with van der Waals surface area (Å²) in [5, 5.41) is 2.56. The molecule has 0 saturated heterocycles. The highest BCUT2D eigenvalue weighted by Crippen LogP contribution is 2.37. The molecule has 7 heteroatoms. The maximum atomic E-state index is 12.6. The Kier molecular flexibility index (Phi) is 5.68. The van der Waals surface area contributed by atoms with Crippen molar-refractivity contribution < 1.29 is 23.0 Å². The van der Waals surface area contributed by atoms with E-state index >= 15 is 0 Å². The summed E-state index contributed by atoms with van der Waals surface area (Å²) < 4.78 is 40.7. The Balaban J connectivity index is 1.94. The van der Waals surface area contributed by atoms with Crippen molar-refractivity contribution in [1.82, 2.24) is 4.98 Å². The first-order valence-electron chi connectivity index (χ1n) is 7.93. The molecule has 0 bridgehead atoms. The van der Waals surface area contributed by atoms with Gasteiger partial charge in [-0.2, -0.15) is 8.78 Å². The van der Waals surface area contributed by atoms with Gasteiger partial charge in [0, 0.05) is 16.5 Å². The molecule has 0 aliphatic rings. The molecule has 0 unspecified atom stereocenters. The first-order valence-corrected chi connectivity index (χ1v) is 8.81. The van der Waals surface area contributed by atoms with E-state index in [1.54, 1.807) is 25.3 Å². The van der Waals surface area contributed by atoms with E-state index in [1.807, 2.05) is 30.5 Å². The lowest BCUT2D eigenvalue weighted by molar-refractivity contribution is -0.0494. The van der Waals surface area contributed by atoms with Crippen LogP contribution < -0.4 is 14.2 Å². The largest absolute Gasteiger partial charge is 0.493 e. The summed E-state index contributed by atoms with van der Waals surface area (Å²) in [7, 11) is 1.58. The highest BCUT2D eigenvalue weighted by Gasteiger charge is 2.15. The maximum Gasteiger partial charge on any atom is 0.387 e. The van der Waals surface area contributed by atoms with Crippen LogP contribution in [0.2, 0.25) is 0 Å². The van der Waals surface area contributed by atoms with Gasteiger partial charge in [-0.1, -0.05) is 12.1 Å². The van der Waals surface area contributed by atoms with Gasteiger partial charge in [0.15, 0.2) is 11.5 Å². The molecule has 136 valence electrons. The molecule has 0 N–H and O–H groups in total. The lowest BCUT2D eigenvalue weighted by Crippen LogP contribution is -2.03. The number of rotatable bonds is 7. The van der Waals surface area contributed by atoms with Crippen molar-refractivity contribution in [2.75, 3.05) is 13.7 Å². The molecule has 3 aromatic rings. The van der Waals surface area contributed by atoms with E-state index in [1.165, 1.54) is 17.4 Å². The Labute approximate surface area is 154 Å². The Bertz CT molecular complexity index is 883. The van der Waals surface area contributed by atoms with Crippen LogP contribution in [0.15, 0.2) is 47.8 Å². The van der Waals surface area contributed by atoms with Gasteiger partial charge < -0.3 is 14.2 Å². The van der Waals surface area contributed by atoms with Gasteiger partial charge in [0.25, 0.3) is 0 Å². The molecule has 0 spiro atoms. The molecule has 0 atom stereocenters. The number of para-hydroxylation sites is 1. The van der Waals surface area contributed by atoms with E-state index in [0.29, 0.717) is 29.4 Å². The molecule has 0 aliphatic heterocycles. The SMILES string of the molecule is CCOc1ccc(-c2nc(-c3ccccc3OC(F)F)cs2)cc1OC. The molecule has 26 heavy (non-hydrogen) atoms. The molecule has 0 radical (unpaired) electrons. The first kappa shape index (κ1) is 18.1. The average molecular weight is 377 g/mol. The second-order valence-corrected chi connectivity index (χ2v) is 6.07. The van der Waals surface area contributed by atoms with Crippen LogP contribution in [0.5, 0.6) is 17.2 Å². The molecule has 0 amide bonds. The van der Waals surface area contributed by atoms with Gasteiger partial charge in [-0.05, 0) is 37.3 Å². The van der Waals surface area contributed by atoms with Gasteiger partial charge in [-0.3, -0.25) is 0 Å². The third kappa shape index (κ3) is 3.94. The van der Waals surface area contributed by atoms with Gasteiger partial charge in [0.1, 0.15) is 10.8 Å². The fourth-order valence-corrected chi connectivity index (χ4v) is 3.30. The van der Waals surface area contributed by atoms with Crippen molar-refractivity contribution in [3.05, 3.63) is 47.8 Å². The fourth-order valence-electron chi connectivity index (χ4n) is 2.48. The number of ether oxygens (including phenoxy) is 3. The van der Waals surface area contributed by atoms with Crippen LogP contribution in [0.3, 0.4) is 0 Å². The fraction of sp³-hybridized carbons (Fsp3) is 0.211. The second-order valence-electron chi connectivity index (χ2n) is 5.21. The second kappa shape index (κ2) is 8.14. The lowest BCUT2D eigenvalue weighted by Gasteiger charge is -2.10. The molecule has 3 rings (SSSR count). The van der Waals surface area contributed by atoms with Crippen LogP contribution >= 0.6 is 11.3 Å². The smallest absolute Gasteiger partial charge is 0.387 e. The number of methoxy groups -OCH3 is 1. The topological polar surface area (TPSA) is 40.6 Å². The van der Waals surface area contributed by atoms with Crippen molar-refractivity contribution in [3.63, 3.8) is 0 Å². The zero-order valence-electron chi connectivity index (χ0n) is 14.2. The maximum absolute atomic E-state index is 12.6. The van der Waals surface area contributed by atoms with Crippen molar-refractivity contribution in [1.29, 1.82) is 0 Å². The molecule has 2 aromatic carbocycles. The minimum Gasteiger partial charge on any atom is -0.493 e. The standard InChI is InChI=1S/C19H17F2NO3S/c1-3-24-16-9-8-12(10-17(16)23-2)18-22-14(11-26-18)13-6-4-5-7-15(13)25-19(20)21/h4-11,19H,3H2,1-2H3. The molecule has 0 aliphatic carbocycles. The summed E-state index contributed by atoms with van der Waals surface area (Å²) in [4.78, 5) is 4.57. The number of thiazole rings is 1. The molecule has 0 fully saturated rings. The minimum atomic E-state index is -2.88. The van der Waals surface area contributed by atoms with Crippen molar-refractivity contribution >= 4 is 11.3 Å². The number of halogens is 2. The molecular formula is C19H17F2NO3S. The number of nitrogens with zero attached hydrogens (tertiary/aromatic N) is 1. The summed E-state index contributed by atoms with van der Waals surface area (Å²) in [6, 6.07) is 12.2. The van der Waals surface area contributed by atoms with Crippen molar-refractivity contribution in [2.24, 2.45) is 0 Å². The monoisotopic (exact) mass is 377 g/mol. The highest BCUT2D eigenvalue weighted by atomic mass is 32.1. The zero-order valence-corrected chi connectivity index (χ0v) is 15.1. The Morgan fingerprint density at radius 3 is 2.62 bits per heavy atom. The molecule has 1 aromatic heterocycles. The summed E-state index contributed by atoms with van der Waals surface area (Å²) in [6.45, 7) is -0.443. The predicted octanol–water partition coefficient (Wildman–Crippen LogP) is 5.49. The summed E-state index contributed by atoms with van der Waals surface area (Å²) >= 11 is 1.41. The Hall–Kier alpha value is -2.67. The van der Waals surface area contributed by atoms with E-state index in [-0.39, 0.29) is 5.75 Å². The minimum absolute atomic E-state index is 0.101. The zero-order chi connectivity index (χ0) is 18.5. The summed E-state index contributed by atoms with van der Waals surface area (Å²) in [5.74, 6) is 1.37. The van der Waals surface area contributed by atoms with Crippen molar-refractivity contribution in [2.45, 2.75) is 13.5 Å². The quantitative estimate of drug-likeness (QED) is 0.546. The van der Waals surface area contributed by atoms with Gasteiger partial charge in [-0.15, -0.1) is 11.3 Å². The van der Waals surface area contributed by atoms with E-state index in [9.17, 15) is 8.78 Å². The van der Waals surface area contributed by atoms with Gasteiger partial charge in [0.05, 0.1) is 19.4 Å². The molecular weight excluding hydrogens is 360 g/mol. The van der Waals surface area contributed by atoms with E-state index in [2.05, 4.69) is 9.72 Å². The van der Waals surface area contributed by atoms with Crippen LogP contribution in [0, 0.1) is 0 Å². The molecule has 1 heterocycles. The third-order valence-corrected chi connectivity index (χ3v) is 4.49. The van der Waals surface area contributed by atoms with E-state index < -0.39 is 6.61 Å². The normalized spacial score (nSPS) is 10.8.